The molecule has 0 bridgehead atoms. The van der Waals surface area contributed by atoms with Crippen LogP contribution in [0.4, 0.5) is 16.2 Å². The zero-order valence-corrected chi connectivity index (χ0v) is 17.4. The number of anilines is 2. The lowest BCUT2D eigenvalue weighted by atomic mass is 10.1. The highest BCUT2D eigenvalue weighted by Crippen LogP contribution is 2.32. The van der Waals surface area contributed by atoms with Gasteiger partial charge in [0.1, 0.15) is 0 Å². The first-order valence-corrected chi connectivity index (χ1v) is 9.81. The van der Waals surface area contributed by atoms with Crippen LogP contribution in [0.3, 0.4) is 0 Å². The van der Waals surface area contributed by atoms with Crippen LogP contribution in [0.25, 0.3) is 17.0 Å². The third kappa shape index (κ3) is 5.60. The number of imidazole rings is 1. The summed E-state index contributed by atoms with van der Waals surface area (Å²) < 4.78 is 6.83. The molecule has 0 saturated heterocycles. The molecule has 4 N–H and O–H groups in total. The number of nitrogens with two attached hydrogens (primary N) is 1. The van der Waals surface area contributed by atoms with Crippen molar-refractivity contribution in [2.24, 2.45) is 5.73 Å². The van der Waals surface area contributed by atoms with Gasteiger partial charge in [0.25, 0.3) is 0 Å². The van der Waals surface area contributed by atoms with Crippen LogP contribution in [0.5, 0.6) is 0 Å². The average Bonchev–Trinajstić information content (AvgIpc) is 3.39. The van der Waals surface area contributed by atoms with Gasteiger partial charge < -0.3 is 15.8 Å². The van der Waals surface area contributed by atoms with E-state index in [9.17, 15) is 4.79 Å². The normalized spacial score (nSPS) is 12.8. The van der Waals surface area contributed by atoms with Crippen molar-refractivity contribution in [3.8, 4) is 11.3 Å². The van der Waals surface area contributed by atoms with E-state index in [0.29, 0.717) is 28.2 Å². The van der Waals surface area contributed by atoms with Gasteiger partial charge in [0.15, 0.2) is 0 Å². The second-order valence-corrected chi connectivity index (χ2v) is 7.41. The molecule has 2 aromatic heterocycles. The Kier molecular flexibility index (Phi) is 6.73. The zero-order chi connectivity index (χ0) is 21.7. The summed E-state index contributed by atoms with van der Waals surface area (Å²) in [6.07, 6.45) is 7.05. The van der Waals surface area contributed by atoms with Crippen LogP contribution in [0.2, 0.25) is 5.02 Å². The van der Waals surface area contributed by atoms with Crippen LogP contribution in [-0.4, -0.2) is 39.0 Å². The lowest BCUT2D eigenvalue weighted by Crippen LogP contribution is -2.18. The minimum absolute atomic E-state index is 0.194. The highest BCUT2D eigenvalue weighted by Gasteiger charge is 2.21. The number of primary amides is 1. The smallest absolute Gasteiger partial charge is 0.411 e. The van der Waals surface area contributed by atoms with Gasteiger partial charge in [-0.05, 0) is 44.9 Å². The molecule has 0 radical (unpaired) electrons. The number of rotatable bonds is 5. The number of aromatic nitrogens is 3. The molecule has 0 atom stereocenters. The summed E-state index contributed by atoms with van der Waals surface area (Å²) in [7, 11) is 0. The first kappa shape index (κ1) is 21.4. The third-order valence-corrected chi connectivity index (χ3v) is 4.42. The molecule has 0 unspecified atom stereocenters. The van der Waals surface area contributed by atoms with Crippen molar-refractivity contribution in [2.75, 3.05) is 10.6 Å². The number of fused-ring (bicyclic) bond motifs is 1. The van der Waals surface area contributed by atoms with Gasteiger partial charge in [-0.2, -0.15) is 0 Å². The molecular formula is C20H23ClN6O3. The number of amides is 2. The maximum absolute atomic E-state index is 11.8. The minimum Gasteiger partial charge on any atom is -0.447 e. The summed E-state index contributed by atoms with van der Waals surface area (Å²) in [5.41, 5.74) is 7.27. The number of benzene rings is 1. The van der Waals surface area contributed by atoms with Gasteiger partial charge in [-0.3, -0.25) is 14.5 Å². The van der Waals surface area contributed by atoms with E-state index in [4.69, 9.17) is 21.1 Å². The molecule has 10 heteroatoms. The monoisotopic (exact) mass is 430 g/mol. The molecule has 2 amide bonds. The van der Waals surface area contributed by atoms with E-state index in [1.165, 1.54) is 12.8 Å². The van der Waals surface area contributed by atoms with E-state index in [1.54, 1.807) is 30.6 Å². The maximum Gasteiger partial charge on any atom is 0.411 e. The summed E-state index contributed by atoms with van der Waals surface area (Å²) in [6.45, 7) is 3.58. The number of nitrogens with zero attached hydrogens (tertiary/aromatic N) is 3. The molecule has 1 aliphatic carbocycles. The number of nitrogens with one attached hydrogen (secondary N) is 2. The molecule has 1 saturated carbocycles. The largest absolute Gasteiger partial charge is 0.447 e. The van der Waals surface area contributed by atoms with Gasteiger partial charge in [0.2, 0.25) is 12.2 Å². The Balaban J connectivity index is 0.000000806. The van der Waals surface area contributed by atoms with E-state index >= 15 is 0 Å². The van der Waals surface area contributed by atoms with E-state index in [2.05, 4.69) is 26.3 Å². The number of carbonyl (C=O) groups excluding carboxylic acids is 2. The van der Waals surface area contributed by atoms with E-state index in [0.717, 1.165) is 11.3 Å². The first-order chi connectivity index (χ1) is 14.4. The molecule has 4 rings (SSSR count). The van der Waals surface area contributed by atoms with Gasteiger partial charge in [0.05, 0.1) is 28.7 Å². The predicted molar refractivity (Wildman–Crippen MR) is 116 cm³/mol. The fourth-order valence-corrected chi connectivity index (χ4v) is 2.93. The zero-order valence-electron chi connectivity index (χ0n) is 16.6. The van der Waals surface area contributed by atoms with Gasteiger partial charge in [-0.15, -0.1) is 0 Å². The fraction of sp³-hybridized carbons (Fsp3) is 0.300. The molecule has 2 heterocycles. The Morgan fingerprint density at radius 3 is 2.73 bits per heavy atom. The van der Waals surface area contributed by atoms with Crippen LogP contribution in [0, 0.1) is 0 Å². The van der Waals surface area contributed by atoms with Gasteiger partial charge in [-0.1, -0.05) is 11.6 Å². The molecule has 1 fully saturated rings. The second kappa shape index (κ2) is 9.45. The minimum atomic E-state index is -0.520. The van der Waals surface area contributed by atoms with Crippen molar-refractivity contribution in [2.45, 2.75) is 38.8 Å². The molecular weight excluding hydrogens is 408 g/mol. The standard InChI is InChI=1S/C19H20ClN5O2.CH3NO/c1-11(2)27-19(26)23-14-8-21-18-24-17(10-25(18)9-14)15-7-13(5-6-16(15)20)22-12-3-4-12;2-1-3/h5-12,22H,3-4H2,1-2H3,(H,23,26);1H,(H2,2,3). The summed E-state index contributed by atoms with van der Waals surface area (Å²) >= 11 is 6.39. The molecule has 3 aromatic rings. The Bertz CT molecular complexity index is 1050. The van der Waals surface area contributed by atoms with E-state index in [-0.39, 0.29) is 12.5 Å². The van der Waals surface area contributed by atoms with Crippen LogP contribution in [0.1, 0.15) is 26.7 Å². The van der Waals surface area contributed by atoms with Crippen molar-refractivity contribution >= 4 is 41.3 Å². The first-order valence-electron chi connectivity index (χ1n) is 9.43. The van der Waals surface area contributed by atoms with Crippen LogP contribution >= 0.6 is 11.6 Å². The maximum atomic E-state index is 11.8. The molecule has 9 nitrogen and oxygen atoms in total. The van der Waals surface area contributed by atoms with Gasteiger partial charge in [0, 0.05) is 29.7 Å². The van der Waals surface area contributed by atoms with Crippen molar-refractivity contribution in [3.63, 3.8) is 0 Å². The molecule has 0 spiro atoms. The van der Waals surface area contributed by atoms with Gasteiger partial charge in [-0.25, -0.2) is 14.8 Å². The molecule has 0 aliphatic heterocycles. The Morgan fingerprint density at radius 1 is 1.33 bits per heavy atom. The van der Waals surface area contributed by atoms with Crippen LogP contribution in [0.15, 0.2) is 36.8 Å². The summed E-state index contributed by atoms with van der Waals surface area (Å²) in [4.78, 5) is 29.2. The van der Waals surface area contributed by atoms with Crippen molar-refractivity contribution in [3.05, 3.63) is 41.8 Å². The molecule has 1 aliphatic rings. The SMILES string of the molecule is CC(C)OC(=O)Nc1cnc2nc(-c3cc(NC4CC4)ccc3Cl)cn2c1.NC=O. The number of carbonyl (C=O) groups is 2. The summed E-state index contributed by atoms with van der Waals surface area (Å²) in [6, 6.07) is 6.40. The molecule has 158 valence electrons. The van der Waals surface area contributed by atoms with Crippen molar-refractivity contribution < 1.29 is 14.3 Å². The lowest BCUT2D eigenvalue weighted by Gasteiger charge is -2.09. The Hall–Kier alpha value is -3.33. The van der Waals surface area contributed by atoms with E-state index < -0.39 is 6.09 Å². The molecule has 1 aromatic carbocycles. The highest BCUT2D eigenvalue weighted by molar-refractivity contribution is 6.33. The van der Waals surface area contributed by atoms with Crippen molar-refractivity contribution in [1.29, 1.82) is 0 Å². The van der Waals surface area contributed by atoms with Crippen LogP contribution in [-0.2, 0) is 9.53 Å². The Labute approximate surface area is 178 Å². The molecule has 30 heavy (non-hydrogen) atoms. The van der Waals surface area contributed by atoms with Crippen molar-refractivity contribution in [1.82, 2.24) is 14.4 Å². The summed E-state index contributed by atoms with van der Waals surface area (Å²) in [5.74, 6) is 0.518. The fourth-order valence-electron chi connectivity index (χ4n) is 2.72. The quantitative estimate of drug-likeness (QED) is 0.530. The highest BCUT2D eigenvalue weighted by atomic mass is 35.5. The number of halogens is 1. The third-order valence-electron chi connectivity index (χ3n) is 4.09. The number of hydrogen-bond acceptors (Lipinski definition) is 6. The topological polar surface area (TPSA) is 124 Å². The number of ether oxygens (including phenoxy) is 1. The lowest BCUT2D eigenvalue weighted by molar-refractivity contribution is -0.106. The van der Waals surface area contributed by atoms with Crippen LogP contribution < -0.4 is 16.4 Å². The van der Waals surface area contributed by atoms with Gasteiger partial charge >= 0.3 is 6.09 Å². The second-order valence-electron chi connectivity index (χ2n) is 7.00. The number of hydrogen-bond donors (Lipinski definition) is 3. The summed E-state index contributed by atoms with van der Waals surface area (Å²) in [5, 5.41) is 6.74. The average molecular weight is 431 g/mol. The van der Waals surface area contributed by atoms with E-state index in [1.807, 2.05) is 24.4 Å². The predicted octanol–water partition coefficient (Wildman–Crippen LogP) is 3.68. The Morgan fingerprint density at radius 2 is 2.07 bits per heavy atom.